The molecule has 0 aromatic heterocycles. The van der Waals surface area contributed by atoms with Crippen molar-refractivity contribution < 1.29 is 14.6 Å². The van der Waals surface area contributed by atoms with Gasteiger partial charge >= 0.3 is 0 Å². The number of carbonyl (C=O) groups excluding carboxylic acids is 1. The van der Waals surface area contributed by atoms with Gasteiger partial charge in [-0.05, 0) is 6.42 Å². The van der Waals surface area contributed by atoms with E-state index in [2.05, 4.69) is 6.92 Å². The number of carboxylic acids is 1. The average molecular weight is 185 g/mol. The van der Waals surface area contributed by atoms with Crippen LogP contribution < -0.4 is 5.11 Å². The summed E-state index contributed by atoms with van der Waals surface area (Å²) >= 11 is 0. The zero-order valence-electron chi connectivity index (χ0n) is 8.12. The number of unbranched alkanes of at least 4 members (excludes halogenated alkanes) is 3. The maximum absolute atomic E-state index is 10.2. The molecular formula is C10H17O3-. The summed E-state index contributed by atoms with van der Waals surface area (Å²) in [6.45, 7) is 2.17. The van der Waals surface area contributed by atoms with Gasteiger partial charge in [0.1, 0.15) is 0 Å². The Kier molecular flexibility index (Phi) is 4.22. The van der Waals surface area contributed by atoms with Crippen LogP contribution in [0.15, 0.2) is 0 Å². The molecule has 0 bridgehead atoms. The molecule has 0 N–H and O–H groups in total. The van der Waals surface area contributed by atoms with Crippen LogP contribution in [0, 0.1) is 0 Å². The van der Waals surface area contributed by atoms with Gasteiger partial charge in [0.2, 0.25) is 0 Å². The lowest BCUT2D eigenvalue weighted by molar-refractivity contribution is -0.306. The van der Waals surface area contributed by atoms with Gasteiger partial charge in [-0.2, -0.15) is 0 Å². The van der Waals surface area contributed by atoms with Gasteiger partial charge in [0.25, 0.3) is 0 Å². The van der Waals surface area contributed by atoms with E-state index in [1.165, 1.54) is 19.3 Å². The Morgan fingerprint density at radius 3 is 2.69 bits per heavy atom. The number of aliphatic carboxylic acids is 1. The number of carbonyl (C=O) groups is 1. The molecule has 13 heavy (non-hydrogen) atoms. The molecule has 1 heterocycles. The first kappa shape index (κ1) is 10.5. The maximum Gasteiger partial charge on any atom is 0.0893 e. The summed E-state index contributed by atoms with van der Waals surface area (Å²) < 4.78 is 5.19. The van der Waals surface area contributed by atoms with Crippen molar-refractivity contribution in [3.63, 3.8) is 0 Å². The molecule has 3 heteroatoms. The molecule has 0 aromatic rings. The normalized spacial score (nSPS) is 25.9. The Morgan fingerprint density at radius 1 is 1.31 bits per heavy atom. The molecule has 0 amide bonds. The molecule has 1 fully saturated rings. The first-order chi connectivity index (χ1) is 6.24. The Bertz CT molecular complexity index is 168. The number of hydrogen-bond acceptors (Lipinski definition) is 3. The minimum atomic E-state index is -0.999. The van der Waals surface area contributed by atoms with E-state index < -0.39 is 5.97 Å². The van der Waals surface area contributed by atoms with E-state index in [-0.39, 0.29) is 18.6 Å². The minimum Gasteiger partial charge on any atom is -0.550 e. The molecule has 1 aliphatic rings. The van der Waals surface area contributed by atoms with Crippen molar-refractivity contribution in [2.45, 2.75) is 57.7 Å². The Labute approximate surface area is 79.1 Å². The molecule has 2 unspecified atom stereocenters. The zero-order chi connectivity index (χ0) is 9.68. The highest BCUT2D eigenvalue weighted by Gasteiger charge is 2.37. The second-order valence-electron chi connectivity index (χ2n) is 3.64. The summed E-state index contributed by atoms with van der Waals surface area (Å²) in [5, 5.41) is 10.2. The summed E-state index contributed by atoms with van der Waals surface area (Å²) in [7, 11) is 0. The highest BCUT2D eigenvalue weighted by Crippen LogP contribution is 2.29. The number of carboxylic acid groups (broad SMARTS) is 1. The summed E-state index contributed by atoms with van der Waals surface area (Å²) in [4.78, 5) is 10.2. The van der Waals surface area contributed by atoms with Gasteiger partial charge in [-0.15, -0.1) is 0 Å². The average Bonchev–Trinajstić information content (AvgIpc) is 2.76. The number of hydrogen-bond donors (Lipinski definition) is 0. The predicted molar refractivity (Wildman–Crippen MR) is 47.0 cm³/mol. The van der Waals surface area contributed by atoms with E-state index >= 15 is 0 Å². The van der Waals surface area contributed by atoms with Gasteiger partial charge in [0.15, 0.2) is 0 Å². The van der Waals surface area contributed by atoms with Crippen LogP contribution in [0.5, 0.6) is 0 Å². The van der Waals surface area contributed by atoms with Gasteiger partial charge in [-0.25, -0.2) is 0 Å². The van der Waals surface area contributed by atoms with Crippen molar-refractivity contribution in [1.29, 1.82) is 0 Å². The molecule has 1 saturated heterocycles. The predicted octanol–water partition coefficient (Wildman–Crippen LogP) is 0.864. The van der Waals surface area contributed by atoms with Crippen LogP contribution in [0.4, 0.5) is 0 Å². The van der Waals surface area contributed by atoms with Crippen LogP contribution in [0.3, 0.4) is 0 Å². The van der Waals surface area contributed by atoms with E-state index in [0.717, 1.165) is 12.8 Å². The van der Waals surface area contributed by atoms with E-state index in [1.54, 1.807) is 0 Å². The van der Waals surface area contributed by atoms with Crippen LogP contribution in [0.2, 0.25) is 0 Å². The largest absolute Gasteiger partial charge is 0.550 e. The third-order valence-electron chi connectivity index (χ3n) is 2.40. The fourth-order valence-corrected chi connectivity index (χ4v) is 1.55. The summed E-state index contributed by atoms with van der Waals surface area (Å²) in [6.07, 6.45) is 6.11. The SMILES string of the molecule is CCCCCCC1OC1CC(=O)[O-]. The topological polar surface area (TPSA) is 52.7 Å². The quantitative estimate of drug-likeness (QED) is 0.436. The van der Waals surface area contributed by atoms with E-state index in [1.807, 2.05) is 0 Å². The molecule has 0 saturated carbocycles. The molecule has 2 atom stereocenters. The maximum atomic E-state index is 10.2. The third-order valence-corrected chi connectivity index (χ3v) is 2.40. The standard InChI is InChI=1S/C10H18O3/c1-2-3-4-5-6-8-9(13-8)7-10(11)12/h8-9H,2-7H2,1H3,(H,11,12)/p-1. The van der Waals surface area contributed by atoms with Gasteiger partial charge < -0.3 is 14.6 Å². The Hall–Kier alpha value is -0.570. The summed E-state index contributed by atoms with van der Waals surface area (Å²) in [5.41, 5.74) is 0. The third kappa shape index (κ3) is 4.27. The van der Waals surface area contributed by atoms with Crippen molar-refractivity contribution in [3.05, 3.63) is 0 Å². The van der Waals surface area contributed by atoms with Crippen molar-refractivity contribution in [3.8, 4) is 0 Å². The molecule has 1 rings (SSSR count). The smallest absolute Gasteiger partial charge is 0.0893 e. The molecule has 1 aliphatic heterocycles. The fourth-order valence-electron chi connectivity index (χ4n) is 1.55. The summed E-state index contributed by atoms with van der Waals surface area (Å²) in [5.74, 6) is -0.999. The van der Waals surface area contributed by atoms with Crippen LogP contribution in [-0.4, -0.2) is 18.2 Å². The number of epoxide rings is 1. The van der Waals surface area contributed by atoms with E-state index in [4.69, 9.17) is 4.74 Å². The van der Waals surface area contributed by atoms with Gasteiger partial charge in [0, 0.05) is 12.4 Å². The van der Waals surface area contributed by atoms with E-state index in [0.29, 0.717) is 0 Å². The molecule has 3 nitrogen and oxygen atoms in total. The fraction of sp³-hybridized carbons (Fsp3) is 0.900. The number of ether oxygens (including phenoxy) is 1. The Balaban J connectivity index is 1.92. The van der Waals surface area contributed by atoms with Crippen LogP contribution in [-0.2, 0) is 9.53 Å². The van der Waals surface area contributed by atoms with Crippen LogP contribution in [0.25, 0.3) is 0 Å². The number of rotatable bonds is 7. The lowest BCUT2D eigenvalue weighted by Gasteiger charge is -1.97. The minimum absolute atomic E-state index is 0.0494. The molecule has 0 aliphatic carbocycles. The van der Waals surface area contributed by atoms with Crippen molar-refractivity contribution in [2.75, 3.05) is 0 Å². The molecular weight excluding hydrogens is 168 g/mol. The second-order valence-corrected chi connectivity index (χ2v) is 3.64. The van der Waals surface area contributed by atoms with Crippen LogP contribution >= 0.6 is 0 Å². The Morgan fingerprint density at radius 2 is 2.08 bits per heavy atom. The van der Waals surface area contributed by atoms with Gasteiger partial charge in [-0.1, -0.05) is 32.6 Å². The highest BCUT2D eigenvalue weighted by atomic mass is 16.6. The zero-order valence-corrected chi connectivity index (χ0v) is 8.12. The first-order valence-corrected chi connectivity index (χ1v) is 5.09. The van der Waals surface area contributed by atoms with Crippen molar-refractivity contribution in [2.24, 2.45) is 0 Å². The van der Waals surface area contributed by atoms with Crippen molar-refractivity contribution in [1.82, 2.24) is 0 Å². The molecule has 0 radical (unpaired) electrons. The molecule has 0 aromatic carbocycles. The lowest BCUT2D eigenvalue weighted by Crippen LogP contribution is -2.24. The van der Waals surface area contributed by atoms with Gasteiger partial charge in [0.05, 0.1) is 12.2 Å². The first-order valence-electron chi connectivity index (χ1n) is 5.09. The van der Waals surface area contributed by atoms with E-state index in [9.17, 15) is 9.90 Å². The molecule has 0 spiro atoms. The highest BCUT2D eigenvalue weighted by molar-refractivity contribution is 5.65. The lowest BCUT2D eigenvalue weighted by atomic mass is 10.1. The van der Waals surface area contributed by atoms with Crippen LogP contribution in [0.1, 0.15) is 45.4 Å². The monoisotopic (exact) mass is 185 g/mol. The van der Waals surface area contributed by atoms with Gasteiger partial charge in [-0.3, -0.25) is 0 Å². The summed E-state index contributed by atoms with van der Waals surface area (Å²) in [6, 6.07) is 0. The second kappa shape index (κ2) is 5.22. The molecule has 76 valence electrons. The van der Waals surface area contributed by atoms with Crippen molar-refractivity contribution >= 4 is 5.97 Å².